The van der Waals surface area contributed by atoms with E-state index in [1.807, 2.05) is 38.1 Å². The third-order valence-corrected chi connectivity index (χ3v) is 2.47. The molecule has 0 aromatic heterocycles. The Bertz CT molecular complexity index is 284. The fourth-order valence-electron chi connectivity index (χ4n) is 1.46. The highest BCUT2D eigenvalue weighted by Gasteiger charge is 2.14. The van der Waals surface area contributed by atoms with Crippen LogP contribution in [0.15, 0.2) is 24.3 Å². The number of aryl methyl sites for hydroxylation is 1. The van der Waals surface area contributed by atoms with E-state index in [0.717, 1.165) is 5.56 Å². The molecule has 0 radical (unpaired) electrons. The van der Waals surface area contributed by atoms with Gasteiger partial charge in [-0.25, -0.2) is 0 Å². The topological polar surface area (TPSA) is 52.5 Å². The molecule has 84 valence electrons. The van der Waals surface area contributed by atoms with E-state index in [2.05, 4.69) is 5.32 Å². The van der Waals surface area contributed by atoms with Crippen LogP contribution < -0.4 is 5.32 Å². The van der Waals surface area contributed by atoms with E-state index >= 15 is 0 Å². The normalized spacial score (nSPS) is 14.9. The fraction of sp³-hybridized carbons (Fsp3) is 0.500. The predicted octanol–water partition coefficient (Wildman–Crippen LogP) is 0.999. The SMILES string of the molecule is Cc1ccc(C(O)C(C)NCCO)cc1. The van der Waals surface area contributed by atoms with E-state index in [1.165, 1.54) is 5.56 Å². The fourth-order valence-corrected chi connectivity index (χ4v) is 1.46. The summed E-state index contributed by atoms with van der Waals surface area (Å²) < 4.78 is 0. The summed E-state index contributed by atoms with van der Waals surface area (Å²) in [5.74, 6) is 0. The maximum Gasteiger partial charge on any atom is 0.0940 e. The molecule has 0 spiro atoms. The minimum absolute atomic E-state index is 0.0557. The monoisotopic (exact) mass is 209 g/mol. The highest BCUT2D eigenvalue weighted by Crippen LogP contribution is 2.16. The van der Waals surface area contributed by atoms with Gasteiger partial charge in [0.1, 0.15) is 0 Å². The van der Waals surface area contributed by atoms with Gasteiger partial charge in [0.15, 0.2) is 0 Å². The summed E-state index contributed by atoms with van der Waals surface area (Å²) in [6.07, 6.45) is -0.530. The van der Waals surface area contributed by atoms with Gasteiger partial charge in [-0.3, -0.25) is 0 Å². The van der Waals surface area contributed by atoms with Crippen molar-refractivity contribution in [1.29, 1.82) is 0 Å². The van der Waals surface area contributed by atoms with Gasteiger partial charge in [0.2, 0.25) is 0 Å². The van der Waals surface area contributed by atoms with Crippen molar-refractivity contribution in [3.05, 3.63) is 35.4 Å². The molecule has 0 aliphatic heterocycles. The predicted molar refractivity (Wildman–Crippen MR) is 60.7 cm³/mol. The maximum atomic E-state index is 9.96. The van der Waals surface area contributed by atoms with Crippen molar-refractivity contribution in [2.45, 2.75) is 26.0 Å². The summed E-state index contributed by atoms with van der Waals surface area (Å²) in [7, 11) is 0. The molecule has 0 bridgehead atoms. The molecule has 3 nitrogen and oxygen atoms in total. The number of hydrogen-bond donors (Lipinski definition) is 3. The first kappa shape index (κ1) is 12.2. The molecule has 2 atom stereocenters. The van der Waals surface area contributed by atoms with Crippen LogP contribution in [0, 0.1) is 6.92 Å². The number of rotatable bonds is 5. The molecule has 1 aromatic carbocycles. The summed E-state index contributed by atoms with van der Waals surface area (Å²) in [6, 6.07) is 7.77. The first-order valence-corrected chi connectivity index (χ1v) is 5.24. The molecule has 2 unspecified atom stereocenters. The van der Waals surface area contributed by atoms with Gasteiger partial charge in [0, 0.05) is 12.6 Å². The number of benzene rings is 1. The Hall–Kier alpha value is -0.900. The highest BCUT2D eigenvalue weighted by molar-refractivity contribution is 5.23. The molecule has 0 saturated heterocycles. The Balaban J connectivity index is 2.59. The lowest BCUT2D eigenvalue weighted by molar-refractivity contribution is 0.132. The van der Waals surface area contributed by atoms with Crippen LogP contribution in [0.5, 0.6) is 0 Å². The van der Waals surface area contributed by atoms with Crippen LogP contribution >= 0.6 is 0 Å². The zero-order chi connectivity index (χ0) is 11.3. The second-order valence-electron chi connectivity index (χ2n) is 3.82. The van der Waals surface area contributed by atoms with E-state index in [9.17, 15) is 5.11 Å². The quantitative estimate of drug-likeness (QED) is 0.678. The second kappa shape index (κ2) is 5.85. The average molecular weight is 209 g/mol. The van der Waals surface area contributed by atoms with Gasteiger partial charge < -0.3 is 15.5 Å². The maximum absolute atomic E-state index is 9.96. The van der Waals surface area contributed by atoms with Crippen molar-refractivity contribution in [3.63, 3.8) is 0 Å². The van der Waals surface area contributed by atoms with Gasteiger partial charge in [-0.1, -0.05) is 29.8 Å². The first-order chi connectivity index (χ1) is 7.15. The lowest BCUT2D eigenvalue weighted by Gasteiger charge is -2.20. The van der Waals surface area contributed by atoms with E-state index in [1.54, 1.807) is 0 Å². The number of aliphatic hydroxyl groups is 2. The van der Waals surface area contributed by atoms with E-state index in [4.69, 9.17) is 5.11 Å². The molecule has 0 fully saturated rings. The Morgan fingerprint density at radius 3 is 2.40 bits per heavy atom. The van der Waals surface area contributed by atoms with Crippen molar-refractivity contribution in [2.75, 3.05) is 13.2 Å². The van der Waals surface area contributed by atoms with Crippen molar-refractivity contribution in [2.24, 2.45) is 0 Å². The van der Waals surface area contributed by atoms with Crippen molar-refractivity contribution >= 4 is 0 Å². The third kappa shape index (κ3) is 3.63. The summed E-state index contributed by atoms with van der Waals surface area (Å²) in [5.41, 5.74) is 2.08. The van der Waals surface area contributed by atoms with Crippen LogP contribution in [-0.4, -0.2) is 29.4 Å². The van der Waals surface area contributed by atoms with E-state index in [0.29, 0.717) is 6.54 Å². The molecule has 3 N–H and O–H groups in total. The molecule has 0 amide bonds. The minimum Gasteiger partial charge on any atom is -0.395 e. The zero-order valence-corrected chi connectivity index (χ0v) is 9.27. The van der Waals surface area contributed by atoms with E-state index in [-0.39, 0.29) is 12.6 Å². The van der Waals surface area contributed by atoms with Crippen LogP contribution in [0.4, 0.5) is 0 Å². The van der Waals surface area contributed by atoms with Gasteiger partial charge in [0.25, 0.3) is 0 Å². The largest absolute Gasteiger partial charge is 0.395 e. The summed E-state index contributed by atoms with van der Waals surface area (Å²) in [6.45, 7) is 4.51. The molecule has 3 heteroatoms. The first-order valence-electron chi connectivity index (χ1n) is 5.24. The Labute approximate surface area is 90.8 Å². The van der Waals surface area contributed by atoms with Gasteiger partial charge in [-0.2, -0.15) is 0 Å². The van der Waals surface area contributed by atoms with Gasteiger partial charge >= 0.3 is 0 Å². The van der Waals surface area contributed by atoms with Crippen molar-refractivity contribution in [3.8, 4) is 0 Å². The molecule has 0 aliphatic carbocycles. The van der Waals surface area contributed by atoms with Crippen LogP contribution in [0.1, 0.15) is 24.2 Å². The summed E-state index contributed by atoms with van der Waals surface area (Å²) in [5, 5.41) is 21.7. The van der Waals surface area contributed by atoms with Crippen molar-refractivity contribution < 1.29 is 10.2 Å². The second-order valence-corrected chi connectivity index (χ2v) is 3.82. The van der Waals surface area contributed by atoms with Gasteiger partial charge in [-0.05, 0) is 19.4 Å². The van der Waals surface area contributed by atoms with Gasteiger partial charge in [-0.15, -0.1) is 0 Å². The summed E-state index contributed by atoms with van der Waals surface area (Å²) in [4.78, 5) is 0. The van der Waals surface area contributed by atoms with Crippen molar-refractivity contribution in [1.82, 2.24) is 5.32 Å². The standard InChI is InChI=1S/C12H19NO2/c1-9-3-5-11(6-4-9)12(15)10(2)13-7-8-14/h3-6,10,12-15H,7-8H2,1-2H3. The van der Waals surface area contributed by atoms with Gasteiger partial charge in [0.05, 0.1) is 12.7 Å². The molecule has 1 rings (SSSR count). The zero-order valence-electron chi connectivity index (χ0n) is 9.27. The summed E-state index contributed by atoms with van der Waals surface area (Å²) >= 11 is 0. The number of nitrogens with one attached hydrogen (secondary N) is 1. The minimum atomic E-state index is -0.530. The molecule has 0 aliphatic rings. The Morgan fingerprint density at radius 1 is 1.27 bits per heavy atom. The molecule has 1 aromatic rings. The molecule has 0 heterocycles. The molecule has 0 saturated carbocycles. The smallest absolute Gasteiger partial charge is 0.0940 e. The third-order valence-electron chi connectivity index (χ3n) is 2.47. The lowest BCUT2D eigenvalue weighted by Crippen LogP contribution is -2.34. The Morgan fingerprint density at radius 2 is 1.87 bits per heavy atom. The van der Waals surface area contributed by atoms with Crippen LogP contribution in [0.3, 0.4) is 0 Å². The lowest BCUT2D eigenvalue weighted by atomic mass is 10.0. The number of hydrogen-bond acceptors (Lipinski definition) is 3. The number of aliphatic hydroxyl groups excluding tert-OH is 2. The average Bonchev–Trinajstić information content (AvgIpc) is 2.26. The molecular formula is C12H19NO2. The van der Waals surface area contributed by atoms with E-state index < -0.39 is 6.10 Å². The molecule has 15 heavy (non-hydrogen) atoms. The van der Waals surface area contributed by atoms with Crippen LogP contribution in [0.25, 0.3) is 0 Å². The van der Waals surface area contributed by atoms with Crippen LogP contribution in [-0.2, 0) is 0 Å². The highest BCUT2D eigenvalue weighted by atomic mass is 16.3. The Kier molecular flexibility index (Phi) is 4.75. The molecular weight excluding hydrogens is 190 g/mol. The van der Waals surface area contributed by atoms with Crippen LogP contribution in [0.2, 0.25) is 0 Å².